The Morgan fingerprint density at radius 3 is 3.15 bits per heavy atom. The summed E-state index contributed by atoms with van der Waals surface area (Å²) in [5, 5.41) is 10.3. The molecular formula is C7H7N2O3S-. The Bertz CT molecular complexity index is 302. The SMILES string of the molecule is O=C([O-])[C@@H]1CC(=O)N2CCN=C2S1. The lowest BCUT2D eigenvalue weighted by atomic mass is 10.2. The second kappa shape index (κ2) is 3.02. The molecule has 0 radical (unpaired) electrons. The number of rotatable bonds is 1. The van der Waals surface area contributed by atoms with Crippen LogP contribution in [-0.2, 0) is 9.59 Å². The molecule has 2 rings (SSSR count). The summed E-state index contributed by atoms with van der Waals surface area (Å²) in [6.45, 7) is 1.16. The first kappa shape index (κ1) is 8.55. The number of hydrogen-bond donors (Lipinski definition) is 0. The molecule has 0 aromatic carbocycles. The second-order valence-corrected chi connectivity index (χ2v) is 4.01. The van der Waals surface area contributed by atoms with Crippen molar-refractivity contribution in [2.24, 2.45) is 4.99 Å². The zero-order valence-electron chi connectivity index (χ0n) is 6.73. The molecule has 0 N–H and O–H groups in total. The van der Waals surface area contributed by atoms with Crippen LogP contribution in [0.5, 0.6) is 0 Å². The first-order valence-electron chi connectivity index (χ1n) is 3.91. The number of nitrogens with zero attached hydrogens (tertiary/aromatic N) is 2. The molecule has 2 aliphatic heterocycles. The van der Waals surface area contributed by atoms with Gasteiger partial charge >= 0.3 is 0 Å². The Kier molecular flexibility index (Phi) is 1.99. The van der Waals surface area contributed by atoms with Crippen molar-refractivity contribution >= 4 is 28.8 Å². The molecule has 0 unspecified atom stereocenters. The zero-order valence-corrected chi connectivity index (χ0v) is 7.54. The van der Waals surface area contributed by atoms with E-state index < -0.39 is 11.2 Å². The van der Waals surface area contributed by atoms with E-state index in [4.69, 9.17) is 0 Å². The molecule has 1 amide bonds. The fourth-order valence-corrected chi connectivity index (χ4v) is 2.39. The van der Waals surface area contributed by atoms with E-state index in [2.05, 4.69) is 4.99 Å². The molecule has 2 aliphatic rings. The first-order valence-corrected chi connectivity index (χ1v) is 4.79. The maximum atomic E-state index is 11.3. The molecule has 0 saturated carbocycles. The van der Waals surface area contributed by atoms with Crippen LogP contribution in [0.15, 0.2) is 4.99 Å². The van der Waals surface area contributed by atoms with Crippen LogP contribution in [0.3, 0.4) is 0 Å². The number of amides is 1. The smallest absolute Gasteiger partial charge is 0.230 e. The largest absolute Gasteiger partial charge is 0.549 e. The molecule has 70 valence electrons. The Morgan fingerprint density at radius 2 is 2.46 bits per heavy atom. The van der Waals surface area contributed by atoms with E-state index in [-0.39, 0.29) is 12.3 Å². The summed E-state index contributed by atoms with van der Waals surface area (Å²) in [6.07, 6.45) is 0.0199. The monoisotopic (exact) mass is 199 g/mol. The Hall–Kier alpha value is -1.04. The predicted molar refractivity (Wildman–Crippen MR) is 45.0 cm³/mol. The molecule has 0 aromatic rings. The predicted octanol–water partition coefficient (Wildman–Crippen LogP) is -1.56. The highest BCUT2D eigenvalue weighted by molar-refractivity contribution is 8.15. The molecule has 1 fully saturated rings. The normalized spacial score (nSPS) is 27.1. The molecule has 13 heavy (non-hydrogen) atoms. The van der Waals surface area contributed by atoms with Gasteiger partial charge in [0.2, 0.25) is 5.91 Å². The lowest BCUT2D eigenvalue weighted by Gasteiger charge is -2.28. The summed E-state index contributed by atoms with van der Waals surface area (Å²) in [4.78, 5) is 27.4. The summed E-state index contributed by atoms with van der Waals surface area (Å²) >= 11 is 1.11. The van der Waals surface area contributed by atoms with E-state index in [0.29, 0.717) is 18.3 Å². The second-order valence-electron chi connectivity index (χ2n) is 2.84. The van der Waals surface area contributed by atoms with E-state index in [0.717, 1.165) is 11.8 Å². The summed E-state index contributed by atoms with van der Waals surface area (Å²) < 4.78 is 0. The number of aliphatic imine (C=N–C) groups is 1. The van der Waals surface area contributed by atoms with Crippen molar-refractivity contribution in [3.63, 3.8) is 0 Å². The van der Waals surface area contributed by atoms with Gasteiger partial charge in [0.05, 0.1) is 17.8 Å². The first-order chi connectivity index (χ1) is 6.18. The van der Waals surface area contributed by atoms with E-state index in [1.807, 2.05) is 0 Å². The average Bonchev–Trinajstić information content (AvgIpc) is 2.51. The van der Waals surface area contributed by atoms with Crippen molar-refractivity contribution in [3.8, 4) is 0 Å². The van der Waals surface area contributed by atoms with Crippen molar-refractivity contribution < 1.29 is 14.7 Å². The Balaban J connectivity index is 2.17. The fourth-order valence-electron chi connectivity index (χ4n) is 1.33. The van der Waals surface area contributed by atoms with Crippen LogP contribution in [0.25, 0.3) is 0 Å². The minimum Gasteiger partial charge on any atom is -0.549 e. The van der Waals surface area contributed by atoms with Gasteiger partial charge in [-0.3, -0.25) is 14.7 Å². The third-order valence-electron chi connectivity index (χ3n) is 1.97. The summed E-state index contributed by atoms with van der Waals surface area (Å²) in [5.74, 6) is -1.35. The zero-order chi connectivity index (χ0) is 9.42. The number of fused-ring (bicyclic) bond motifs is 1. The van der Waals surface area contributed by atoms with E-state index in [1.54, 1.807) is 0 Å². The molecule has 1 saturated heterocycles. The van der Waals surface area contributed by atoms with Crippen LogP contribution in [0.2, 0.25) is 0 Å². The number of thioether (sulfide) groups is 1. The van der Waals surface area contributed by atoms with Crippen LogP contribution in [0.1, 0.15) is 6.42 Å². The number of carboxylic acids is 1. The van der Waals surface area contributed by atoms with Crippen molar-refractivity contribution in [2.75, 3.05) is 13.1 Å². The summed E-state index contributed by atoms with van der Waals surface area (Å²) in [5.41, 5.74) is 0. The van der Waals surface area contributed by atoms with Gasteiger partial charge in [0.15, 0.2) is 5.17 Å². The fraction of sp³-hybridized carbons (Fsp3) is 0.571. The number of aliphatic carboxylic acids is 1. The molecule has 6 heteroatoms. The van der Waals surface area contributed by atoms with Gasteiger partial charge in [-0.1, -0.05) is 11.8 Å². The van der Waals surface area contributed by atoms with E-state index in [1.165, 1.54) is 4.90 Å². The highest BCUT2D eigenvalue weighted by atomic mass is 32.2. The standard InChI is InChI=1S/C7H8N2O3S/c10-5-3-4(6(11)12)13-7-8-1-2-9(5)7/h4H,1-3H2,(H,11,12)/p-1/t4-/m0/s1. The molecule has 0 bridgehead atoms. The highest BCUT2D eigenvalue weighted by Crippen LogP contribution is 2.27. The maximum Gasteiger partial charge on any atom is 0.230 e. The summed E-state index contributed by atoms with van der Waals surface area (Å²) in [7, 11) is 0. The highest BCUT2D eigenvalue weighted by Gasteiger charge is 2.34. The number of hydrogen-bond acceptors (Lipinski definition) is 5. The maximum absolute atomic E-state index is 11.3. The van der Waals surface area contributed by atoms with Gasteiger partial charge in [-0.2, -0.15) is 0 Å². The van der Waals surface area contributed by atoms with E-state index >= 15 is 0 Å². The topological polar surface area (TPSA) is 72.8 Å². The number of carboxylic acid groups (broad SMARTS) is 1. The molecule has 0 aromatic heterocycles. The van der Waals surface area contributed by atoms with Crippen LogP contribution in [0, 0.1) is 0 Å². The van der Waals surface area contributed by atoms with Gasteiger partial charge in [-0.25, -0.2) is 0 Å². The van der Waals surface area contributed by atoms with Crippen molar-refractivity contribution in [1.29, 1.82) is 0 Å². The molecule has 5 nitrogen and oxygen atoms in total. The molecule has 0 aliphatic carbocycles. The third-order valence-corrected chi connectivity index (χ3v) is 3.18. The molecule has 0 spiro atoms. The van der Waals surface area contributed by atoms with Crippen molar-refractivity contribution in [2.45, 2.75) is 11.7 Å². The third kappa shape index (κ3) is 1.41. The van der Waals surface area contributed by atoms with Crippen LogP contribution < -0.4 is 5.11 Å². The number of carbonyl (C=O) groups is 2. The van der Waals surface area contributed by atoms with Gasteiger partial charge in [0.25, 0.3) is 0 Å². The minimum absolute atomic E-state index is 0.0199. The number of carbonyl (C=O) groups excluding carboxylic acids is 2. The number of amidine groups is 1. The molecule has 1 atom stereocenters. The van der Waals surface area contributed by atoms with Gasteiger partial charge in [-0.15, -0.1) is 0 Å². The quantitative estimate of drug-likeness (QED) is 0.512. The average molecular weight is 199 g/mol. The minimum atomic E-state index is -1.19. The van der Waals surface area contributed by atoms with Gasteiger partial charge < -0.3 is 9.90 Å². The van der Waals surface area contributed by atoms with Crippen molar-refractivity contribution in [3.05, 3.63) is 0 Å². The van der Waals surface area contributed by atoms with Crippen LogP contribution >= 0.6 is 11.8 Å². The van der Waals surface area contributed by atoms with Crippen molar-refractivity contribution in [1.82, 2.24) is 4.90 Å². The van der Waals surface area contributed by atoms with Gasteiger partial charge in [-0.05, 0) is 0 Å². The van der Waals surface area contributed by atoms with Gasteiger partial charge in [0.1, 0.15) is 0 Å². The van der Waals surface area contributed by atoms with Crippen LogP contribution in [0.4, 0.5) is 0 Å². The lowest BCUT2D eigenvalue weighted by molar-refractivity contribution is -0.304. The summed E-state index contributed by atoms with van der Waals surface area (Å²) in [6, 6.07) is 0. The molecular weight excluding hydrogens is 192 g/mol. The molecule has 2 heterocycles. The van der Waals surface area contributed by atoms with Crippen LogP contribution in [-0.4, -0.2) is 40.3 Å². The Morgan fingerprint density at radius 1 is 1.69 bits per heavy atom. The Labute approximate surface area is 78.8 Å². The lowest BCUT2D eigenvalue weighted by Crippen LogP contribution is -2.45. The van der Waals surface area contributed by atoms with Gasteiger partial charge in [0, 0.05) is 13.0 Å². The van der Waals surface area contributed by atoms with E-state index in [9.17, 15) is 14.7 Å².